The lowest BCUT2D eigenvalue weighted by Crippen LogP contribution is -2.19. The third kappa shape index (κ3) is 3.33. The molecular formula is C8H12FN3O. The van der Waals surface area contributed by atoms with E-state index in [0.29, 0.717) is 18.9 Å². The molecule has 0 radical (unpaired) electrons. The van der Waals surface area contributed by atoms with Crippen molar-refractivity contribution < 1.29 is 9.50 Å². The molecule has 0 fully saturated rings. The van der Waals surface area contributed by atoms with Crippen LogP contribution in [0.3, 0.4) is 0 Å². The third-order valence-corrected chi connectivity index (χ3v) is 1.59. The Morgan fingerprint density at radius 1 is 1.54 bits per heavy atom. The fourth-order valence-corrected chi connectivity index (χ4v) is 0.757. The van der Waals surface area contributed by atoms with E-state index in [2.05, 4.69) is 15.3 Å². The Morgan fingerprint density at radius 2 is 2.15 bits per heavy atom. The van der Waals surface area contributed by atoms with Crippen molar-refractivity contribution in [3.8, 4) is 0 Å². The number of rotatable bonds is 4. The number of anilines is 1. The fraction of sp³-hybridized carbons (Fsp3) is 0.500. The van der Waals surface area contributed by atoms with Gasteiger partial charge in [-0.15, -0.1) is 0 Å². The summed E-state index contributed by atoms with van der Waals surface area (Å²) in [6.45, 7) is 2.25. The average molecular weight is 185 g/mol. The van der Waals surface area contributed by atoms with Crippen molar-refractivity contribution in [3.63, 3.8) is 0 Å². The largest absolute Gasteiger partial charge is 0.391 e. The van der Waals surface area contributed by atoms with Crippen LogP contribution in [-0.2, 0) is 0 Å². The van der Waals surface area contributed by atoms with E-state index in [9.17, 15) is 9.50 Å². The van der Waals surface area contributed by atoms with Gasteiger partial charge >= 0.3 is 0 Å². The molecular weight excluding hydrogens is 173 g/mol. The van der Waals surface area contributed by atoms with Crippen LogP contribution in [0.1, 0.15) is 13.3 Å². The van der Waals surface area contributed by atoms with Crippen LogP contribution in [0.25, 0.3) is 0 Å². The molecule has 0 saturated heterocycles. The van der Waals surface area contributed by atoms with Crippen molar-refractivity contribution in [2.45, 2.75) is 19.4 Å². The van der Waals surface area contributed by atoms with Crippen LogP contribution in [-0.4, -0.2) is 27.7 Å². The molecule has 0 aliphatic heterocycles. The highest BCUT2D eigenvalue weighted by Crippen LogP contribution is 1.99. The summed E-state index contributed by atoms with van der Waals surface area (Å²) in [5.41, 5.74) is 0. The zero-order valence-electron chi connectivity index (χ0n) is 7.37. The van der Waals surface area contributed by atoms with Gasteiger partial charge in [-0.25, -0.2) is 14.4 Å². The predicted octanol–water partition coefficient (Wildman–Crippen LogP) is 0.798. The number of hydrogen-bond donors (Lipinski definition) is 2. The molecule has 1 aromatic heterocycles. The summed E-state index contributed by atoms with van der Waals surface area (Å²) in [6, 6.07) is 0. The molecule has 0 amide bonds. The molecule has 0 aliphatic carbocycles. The highest BCUT2D eigenvalue weighted by atomic mass is 19.1. The molecule has 5 heteroatoms. The quantitative estimate of drug-likeness (QED) is 0.728. The number of hydrogen-bond acceptors (Lipinski definition) is 4. The van der Waals surface area contributed by atoms with Crippen LogP contribution in [0.15, 0.2) is 12.4 Å². The normalized spacial score (nSPS) is 12.5. The lowest BCUT2D eigenvalue weighted by molar-refractivity contribution is 0.183. The van der Waals surface area contributed by atoms with Crippen LogP contribution in [0, 0.1) is 5.82 Å². The first-order chi connectivity index (χ1) is 6.22. The molecule has 1 heterocycles. The minimum Gasteiger partial charge on any atom is -0.391 e. The van der Waals surface area contributed by atoms with Crippen LogP contribution in [0.5, 0.6) is 0 Å². The van der Waals surface area contributed by atoms with Gasteiger partial charge in [-0.3, -0.25) is 0 Å². The first-order valence-corrected chi connectivity index (χ1v) is 4.12. The smallest absolute Gasteiger partial charge is 0.222 e. The molecule has 1 atom stereocenters. The summed E-state index contributed by atoms with van der Waals surface area (Å²) < 4.78 is 12.3. The van der Waals surface area contributed by atoms with Crippen LogP contribution >= 0.6 is 0 Å². The minimum absolute atomic E-state index is 0.328. The Balaban J connectivity index is 2.41. The molecule has 1 unspecified atom stereocenters. The van der Waals surface area contributed by atoms with Crippen molar-refractivity contribution >= 4 is 5.95 Å². The van der Waals surface area contributed by atoms with Crippen LogP contribution in [0.2, 0.25) is 0 Å². The molecule has 0 saturated carbocycles. The Hall–Kier alpha value is -1.23. The molecule has 1 aromatic rings. The highest BCUT2D eigenvalue weighted by Gasteiger charge is 2.01. The van der Waals surface area contributed by atoms with Gasteiger partial charge in [0.15, 0.2) is 5.82 Å². The van der Waals surface area contributed by atoms with Crippen molar-refractivity contribution in [1.29, 1.82) is 0 Å². The standard InChI is InChI=1S/C8H12FN3O/c1-2-7(13)5-12-8-10-3-6(9)4-11-8/h3-4,7,13H,2,5H2,1H3,(H,10,11,12). The van der Waals surface area contributed by atoms with Crippen LogP contribution in [0.4, 0.5) is 10.3 Å². The zero-order valence-corrected chi connectivity index (χ0v) is 7.37. The first-order valence-electron chi connectivity index (χ1n) is 4.12. The molecule has 72 valence electrons. The van der Waals surface area contributed by atoms with Gasteiger partial charge in [-0.2, -0.15) is 0 Å². The van der Waals surface area contributed by atoms with Gasteiger partial charge in [0.1, 0.15) is 0 Å². The van der Waals surface area contributed by atoms with E-state index >= 15 is 0 Å². The fourth-order valence-electron chi connectivity index (χ4n) is 0.757. The van der Waals surface area contributed by atoms with E-state index < -0.39 is 11.9 Å². The Kier molecular flexibility index (Phi) is 3.57. The second kappa shape index (κ2) is 4.71. The Bertz CT molecular complexity index is 252. The number of nitrogens with zero attached hydrogens (tertiary/aromatic N) is 2. The molecule has 1 rings (SSSR count). The van der Waals surface area contributed by atoms with Crippen molar-refractivity contribution in [1.82, 2.24) is 9.97 Å². The maximum absolute atomic E-state index is 12.3. The van der Waals surface area contributed by atoms with E-state index in [1.54, 1.807) is 0 Å². The Labute approximate surface area is 75.8 Å². The number of nitrogens with one attached hydrogen (secondary N) is 1. The topological polar surface area (TPSA) is 58.0 Å². The molecule has 0 aliphatic rings. The van der Waals surface area contributed by atoms with Crippen molar-refractivity contribution in [3.05, 3.63) is 18.2 Å². The van der Waals surface area contributed by atoms with Gasteiger partial charge in [-0.1, -0.05) is 6.92 Å². The Morgan fingerprint density at radius 3 is 2.69 bits per heavy atom. The van der Waals surface area contributed by atoms with Gasteiger partial charge in [-0.05, 0) is 6.42 Å². The van der Waals surface area contributed by atoms with E-state index in [-0.39, 0.29) is 0 Å². The zero-order chi connectivity index (χ0) is 9.68. The van der Waals surface area contributed by atoms with Gasteiger partial charge in [0.05, 0.1) is 18.5 Å². The lowest BCUT2D eigenvalue weighted by Gasteiger charge is -2.08. The number of aliphatic hydroxyl groups excluding tert-OH is 1. The summed E-state index contributed by atoms with van der Waals surface area (Å²) in [4.78, 5) is 7.35. The molecule has 4 nitrogen and oxygen atoms in total. The summed E-state index contributed by atoms with van der Waals surface area (Å²) in [5, 5.41) is 12.0. The number of aromatic nitrogens is 2. The third-order valence-electron chi connectivity index (χ3n) is 1.59. The molecule has 0 bridgehead atoms. The molecule has 13 heavy (non-hydrogen) atoms. The SMILES string of the molecule is CCC(O)CNc1ncc(F)cn1. The maximum Gasteiger partial charge on any atom is 0.222 e. The summed E-state index contributed by atoms with van der Waals surface area (Å²) >= 11 is 0. The average Bonchev–Trinajstić information content (AvgIpc) is 2.16. The first kappa shape index (κ1) is 9.85. The highest BCUT2D eigenvalue weighted by molar-refractivity contribution is 5.22. The van der Waals surface area contributed by atoms with Gasteiger partial charge in [0.2, 0.25) is 5.95 Å². The second-order valence-electron chi connectivity index (χ2n) is 2.67. The predicted molar refractivity (Wildman–Crippen MR) is 46.8 cm³/mol. The monoisotopic (exact) mass is 185 g/mol. The molecule has 0 aromatic carbocycles. The minimum atomic E-state index is -0.471. The molecule has 2 N–H and O–H groups in total. The van der Waals surface area contributed by atoms with Crippen LogP contribution < -0.4 is 5.32 Å². The van der Waals surface area contributed by atoms with E-state index in [1.807, 2.05) is 6.92 Å². The van der Waals surface area contributed by atoms with Gasteiger partial charge in [0, 0.05) is 6.54 Å². The van der Waals surface area contributed by atoms with E-state index in [4.69, 9.17) is 0 Å². The second-order valence-corrected chi connectivity index (χ2v) is 2.67. The van der Waals surface area contributed by atoms with Crippen molar-refractivity contribution in [2.24, 2.45) is 0 Å². The lowest BCUT2D eigenvalue weighted by atomic mass is 10.3. The molecule has 0 spiro atoms. The maximum atomic E-state index is 12.3. The summed E-state index contributed by atoms with van der Waals surface area (Å²) in [7, 11) is 0. The van der Waals surface area contributed by atoms with Gasteiger partial charge < -0.3 is 10.4 Å². The summed E-state index contributed by atoms with van der Waals surface area (Å²) in [6.07, 6.45) is 2.39. The van der Waals surface area contributed by atoms with E-state index in [0.717, 1.165) is 12.4 Å². The number of halogens is 1. The summed E-state index contributed by atoms with van der Waals surface area (Å²) in [5.74, 6) is -0.143. The number of aliphatic hydroxyl groups is 1. The van der Waals surface area contributed by atoms with Gasteiger partial charge in [0.25, 0.3) is 0 Å². The van der Waals surface area contributed by atoms with Crippen molar-refractivity contribution in [2.75, 3.05) is 11.9 Å². The van der Waals surface area contributed by atoms with E-state index in [1.165, 1.54) is 0 Å².